The summed E-state index contributed by atoms with van der Waals surface area (Å²) in [6.07, 6.45) is -0.619. The number of rotatable bonds is 7. The lowest BCUT2D eigenvalue weighted by molar-refractivity contribution is -0.132. The number of nitrogens with two attached hydrogens (primary N) is 1. The molecule has 1 unspecified atom stereocenters. The minimum Gasteiger partial charge on any atom is -0.364 e. The molecule has 0 aromatic heterocycles. The molecule has 0 spiro atoms. The van der Waals surface area contributed by atoms with E-state index in [1.807, 2.05) is 30.3 Å². The first-order valence-electron chi connectivity index (χ1n) is 7.41. The van der Waals surface area contributed by atoms with Crippen LogP contribution in [0.25, 0.3) is 0 Å². The Labute approximate surface area is 141 Å². The predicted molar refractivity (Wildman–Crippen MR) is 90.4 cm³/mol. The Balaban J connectivity index is 1.86. The minimum atomic E-state index is -3.76. The monoisotopic (exact) mass is 348 g/mol. The quantitative estimate of drug-likeness (QED) is 0.793. The molecule has 128 valence electrons. The van der Waals surface area contributed by atoms with Crippen molar-refractivity contribution in [3.63, 3.8) is 0 Å². The van der Waals surface area contributed by atoms with Crippen LogP contribution >= 0.6 is 0 Å². The molecule has 0 saturated heterocycles. The number of carbonyl (C=O) groups excluding carboxylic acids is 1. The van der Waals surface area contributed by atoms with Gasteiger partial charge in [-0.05, 0) is 30.2 Å². The lowest BCUT2D eigenvalue weighted by Gasteiger charge is -2.13. The smallest absolute Gasteiger partial charge is 0.249 e. The second-order valence-corrected chi connectivity index (χ2v) is 6.91. The lowest BCUT2D eigenvalue weighted by atomic mass is 10.2. The molecule has 0 heterocycles. The number of ether oxygens (including phenoxy) is 1. The highest BCUT2D eigenvalue weighted by molar-refractivity contribution is 7.89. The van der Waals surface area contributed by atoms with Crippen molar-refractivity contribution in [3.8, 4) is 0 Å². The summed E-state index contributed by atoms with van der Waals surface area (Å²) in [5.41, 5.74) is 1.63. The zero-order valence-corrected chi connectivity index (χ0v) is 14.1. The molecule has 3 N–H and O–H groups in total. The third-order valence-corrected chi connectivity index (χ3v) is 4.32. The fourth-order valence-corrected chi connectivity index (χ4v) is 2.62. The van der Waals surface area contributed by atoms with Gasteiger partial charge in [-0.1, -0.05) is 42.5 Å². The molecule has 7 heteroatoms. The van der Waals surface area contributed by atoms with Gasteiger partial charge in [0.05, 0.1) is 11.5 Å². The van der Waals surface area contributed by atoms with Crippen LogP contribution in [0.15, 0.2) is 59.5 Å². The molecular formula is C17H20N2O4S. The molecule has 0 bridgehead atoms. The number of benzene rings is 2. The third kappa shape index (κ3) is 5.45. The molecule has 0 saturated carbocycles. The van der Waals surface area contributed by atoms with Crippen molar-refractivity contribution in [1.29, 1.82) is 0 Å². The molecular weight excluding hydrogens is 328 g/mol. The standard InChI is InChI=1S/C17H20N2O4S/c1-13(23-12-14-6-3-2-4-7-14)17(20)19-11-15-8-5-9-16(10-15)24(18,21)22/h2-10,13H,11-12H2,1H3,(H,19,20)(H2,18,21,22). The van der Waals surface area contributed by atoms with Crippen molar-refractivity contribution in [3.05, 3.63) is 65.7 Å². The Hall–Kier alpha value is -2.22. The summed E-state index contributed by atoms with van der Waals surface area (Å²) >= 11 is 0. The van der Waals surface area contributed by atoms with Crippen LogP contribution in [-0.2, 0) is 32.7 Å². The molecule has 0 aliphatic heterocycles. The second kappa shape index (κ2) is 8.05. The van der Waals surface area contributed by atoms with Crippen LogP contribution in [0.4, 0.5) is 0 Å². The Morgan fingerprint density at radius 2 is 1.79 bits per heavy atom. The van der Waals surface area contributed by atoms with Gasteiger partial charge in [0.15, 0.2) is 0 Å². The normalized spacial score (nSPS) is 12.6. The topological polar surface area (TPSA) is 98.5 Å². The predicted octanol–water partition coefficient (Wildman–Crippen LogP) is 1.56. The number of sulfonamides is 1. The van der Waals surface area contributed by atoms with Crippen molar-refractivity contribution >= 4 is 15.9 Å². The van der Waals surface area contributed by atoms with Crippen molar-refractivity contribution in [2.24, 2.45) is 5.14 Å². The first-order valence-corrected chi connectivity index (χ1v) is 8.96. The number of amides is 1. The summed E-state index contributed by atoms with van der Waals surface area (Å²) in [5.74, 6) is -0.271. The first-order chi connectivity index (χ1) is 11.4. The molecule has 1 atom stereocenters. The molecule has 2 rings (SSSR count). The van der Waals surface area contributed by atoms with E-state index in [0.717, 1.165) is 5.56 Å². The molecule has 6 nitrogen and oxygen atoms in total. The number of nitrogens with one attached hydrogen (secondary N) is 1. The highest BCUT2D eigenvalue weighted by Crippen LogP contribution is 2.10. The van der Waals surface area contributed by atoms with Gasteiger partial charge in [0.1, 0.15) is 6.10 Å². The van der Waals surface area contributed by atoms with E-state index in [4.69, 9.17) is 9.88 Å². The summed E-state index contributed by atoms with van der Waals surface area (Å²) in [4.78, 5) is 12.1. The SMILES string of the molecule is CC(OCc1ccccc1)C(=O)NCc1cccc(S(N)(=O)=O)c1. The largest absolute Gasteiger partial charge is 0.364 e. The molecule has 1 amide bonds. The van der Waals surface area contributed by atoms with Gasteiger partial charge < -0.3 is 10.1 Å². The van der Waals surface area contributed by atoms with Crippen molar-refractivity contribution in [1.82, 2.24) is 5.32 Å². The van der Waals surface area contributed by atoms with Crippen LogP contribution in [0.3, 0.4) is 0 Å². The number of carbonyl (C=O) groups is 1. The summed E-state index contributed by atoms with van der Waals surface area (Å²) in [6.45, 7) is 2.20. The first kappa shape index (κ1) is 18.1. The maximum atomic E-state index is 12.0. The van der Waals surface area contributed by atoms with Gasteiger partial charge in [-0.15, -0.1) is 0 Å². The van der Waals surface area contributed by atoms with E-state index in [1.54, 1.807) is 19.1 Å². The van der Waals surface area contributed by atoms with Crippen molar-refractivity contribution in [2.75, 3.05) is 0 Å². The van der Waals surface area contributed by atoms with Gasteiger partial charge >= 0.3 is 0 Å². The van der Waals surface area contributed by atoms with Gasteiger partial charge in [0.2, 0.25) is 15.9 Å². The van der Waals surface area contributed by atoms with E-state index in [9.17, 15) is 13.2 Å². The van der Waals surface area contributed by atoms with Gasteiger partial charge in [-0.3, -0.25) is 4.79 Å². The number of primary sulfonamides is 1. The fraction of sp³-hybridized carbons (Fsp3) is 0.235. The minimum absolute atomic E-state index is 0.0163. The van der Waals surface area contributed by atoms with E-state index in [2.05, 4.69) is 5.32 Å². The lowest BCUT2D eigenvalue weighted by Crippen LogP contribution is -2.34. The van der Waals surface area contributed by atoms with E-state index in [0.29, 0.717) is 12.2 Å². The van der Waals surface area contributed by atoms with Crippen molar-refractivity contribution < 1.29 is 17.9 Å². The van der Waals surface area contributed by atoms with Crippen LogP contribution in [-0.4, -0.2) is 20.4 Å². The van der Waals surface area contributed by atoms with Crippen LogP contribution < -0.4 is 10.5 Å². The molecule has 0 radical (unpaired) electrons. The highest BCUT2D eigenvalue weighted by atomic mass is 32.2. The van der Waals surface area contributed by atoms with Crippen LogP contribution in [0.5, 0.6) is 0 Å². The molecule has 0 aliphatic carbocycles. The molecule has 2 aromatic carbocycles. The number of hydrogen-bond donors (Lipinski definition) is 2. The molecule has 2 aromatic rings. The Bertz CT molecular complexity index is 791. The zero-order valence-electron chi connectivity index (χ0n) is 13.3. The highest BCUT2D eigenvalue weighted by Gasteiger charge is 2.14. The summed E-state index contributed by atoms with van der Waals surface area (Å²) < 4.78 is 28.2. The van der Waals surface area contributed by atoms with Gasteiger partial charge in [-0.2, -0.15) is 0 Å². The average Bonchev–Trinajstić information content (AvgIpc) is 2.58. The maximum absolute atomic E-state index is 12.0. The van der Waals surface area contributed by atoms with Gasteiger partial charge in [0.25, 0.3) is 0 Å². The fourth-order valence-electron chi connectivity index (χ4n) is 2.04. The van der Waals surface area contributed by atoms with Crippen LogP contribution in [0, 0.1) is 0 Å². The van der Waals surface area contributed by atoms with Crippen LogP contribution in [0.1, 0.15) is 18.1 Å². The van der Waals surface area contributed by atoms with E-state index < -0.39 is 16.1 Å². The summed E-state index contributed by atoms with van der Waals surface area (Å²) in [5, 5.41) is 7.80. The van der Waals surface area contributed by atoms with Crippen LogP contribution in [0.2, 0.25) is 0 Å². The molecule has 24 heavy (non-hydrogen) atoms. The zero-order chi connectivity index (χ0) is 17.6. The second-order valence-electron chi connectivity index (χ2n) is 5.35. The molecule has 0 aliphatic rings. The number of hydrogen-bond acceptors (Lipinski definition) is 4. The van der Waals surface area contributed by atoms with Crippen molar-refractivity contribution in [2.45, 2.75) is 31.1 Å². The van der Waals surface area contributed by atoms with E-state index >= 15 is 0 Å². The van der Waals surface area contributed by atoms with Gasteiger partial charge in [-0.25, -0.2) is 13.6 Å². The Morgan fingerprint density at radius 3 is 2.46 bits per heavy atom. The van der Waals surface area contributed by atoms with E-state index in [-0.39, 0.29) is 17.3 Å². The third-order valence-electron chi connectivity index (χ3n) is 3.41. The maximum Gasteiger partial charge on any atom is 0.249 e. The summed E-state index contributed by atoms with van der Waals surface area (Å²) in [6, 6.07) is 15.7. The average molecular weight is 348 g/mol. The summed E-state index contributed by atoms with van der Waals surface area (Å²) in [7, 11) is -3.76. The Morgan fingerprint density at radius 1 is 1.12 bits per heavy atom. The van der Waals surface area contributed by atoms with Gasteiger partial charge in [0, 0.05) is 6.54 Å². The molecule has 0 fully saturated rings. The van der Waals surface area contributed by atoms with E-state index in [1.165, 1.54) is 12.1 Å². The Kier molecular flexibility index (Phi) is 6.08.